The van der Waals surface area contributed by atoms with Gasteiger partial charge in [-0.05, 0) is 70.1 Å². The van der Waals surface area contributed by atoms with Gasteiger partial charge in [-0.1, -0.05) is 24.3 Å². The molecule has 32 heavy (non-hydrogen) atoms. The number of azo groups is 1. The Morgan fingerprint density at radius 1 is 0.594 bits per heavy atom. The molecule has 6 rings (SSSR count). The van der Waals surface area contributed by atoms with E-state index >= 15 is 0 Å². The Kier molecular flexibility index (Phi) is 4.94. The van der Waals surface area contributed by atoms with E-state index in [2.05, 4.69) is 10.2 Å². The Morgan fingerprint density at radius 3 is 1.44 bits per heavy atom. The summed E-state index contributed by atoms with van der Waals surface area (Å²) in [5, 5.41) is 13.3. The fraction of sp³-hybridized carbons (Fsp3) is 0.231. The lowest BCUT2D eigenvalue weighted by atomic mass is 10.1. The van der Waals surface area contributed by atoms with Gasteiger partial charge in [-0.25, -0.2) is 0 Å². The molecule has 2 fully saturated rings. The number of ether oxygens (including phenoxy) is 4. The maximum atomic E-state index is 5.76. The average molecular weight is 426 g/mol. The van der Waals surface area contributed by atoms with E-state index in [1.165, 1.54) is 0 Å². The zero-order chi connectivity index (χ0) is 21.3. The molecule has 160 valence electrons. The summed E-state index contributed by atoms with van der Waals surface area (Å²) < 4.78 is 21.9. The molecule has 0 radical (unpaired) electrons. The van der Waals surface area contributed by atoms with Gasteiger partial charge in [0.15, 0.2) is 0 Å². The normalized spacial score (nSPS) is 19.5. The molecule has 4 aromatic carbocycles. The molecule has 0 aromatic heterocycles. The van der Waals surface area contributed by atoms with Crippen LogP contribution in [0.1, 0.15) is 0 Å². The summed E-state index contributed by atoms with van der Waals surface area (Å²) in [7, 11) is 0. The number of hydrogen-bond donors (Lipinski definition) is 0. The number of benzene rings is 4. The molecule has 6 nitrogen and oxygen atoms in total. The summed E-state index contributed by atoms with van der Waals surface area (Å²) in [6.07, 6.45) is 0.503. The minimum atomic E-state index is 0.251. The molecule has 2 saturated heterocycles. The van der Waals surface area contributed by atoms with Crippen LogP contribution in [0.25, 0.3) is 21.5 Å². The zero-order valence-corrected chi connectivity index (χ0v) is 17.4. The van der Waals surface area contributed by atoms with Crippen molar-refractivity contribution in [3.05, 3.63) is 72.8 Å². The van der Waals surface area contributed by atoms with Gasteiger partial charge in [0, 0.05) is 0 Å². The van der Waals surface area contributed by atoms with Crippen LogP contribution in [0.15, 0.2) is 83.0 Å². The molecule has 2 heterocycles. The topological polar surface area (TPSA) is 68.2 Å². The van der Waals surface area contributed by atoms with Crippen LogP contribution in [0.2, 0.25) is 0 Å². The van der Waals surface area contributed by atoms with Crippen molar-refractivity contribution in [1.82, 2.24) is 0 Å². The lowest BCUT2D eigenvalue weighted by molar-refractivity contribution is 0.263. The van der Waals surface area contributed by atoms with Gasteiger partial charge in [0.2, 0.25) is 0 Å². The van der Waals surface area contributed by atoms with E-state index in [4.69, 9.17) is 18.9 Å². The van der Waals surface area contributed by atoms with Gasteiger partial charge in [-0.2, -0.15) is 10.2 Å². The van der Waals surface area contributed by atoms with Crippen LogP contribution in [0.4, 0.5) is 11.4 Å². The fourth-order valence-electron chi connectivity index (χ4n) is 3.55. The van der Waals surface area contributed by atoms with E-state index in [1.807, 2.05) is 72.8 Å². The largest absolute Gasteiger partial charge is 0.491 e. The van der Waals surface area contributed by atoms with E-state index in [9.17, 15) is 0 Å². The zero-order valence-electron chi connectivity index (χ0n) is 17.4. The average Bonchev–Trinajstić information content (AvgIpc) is 3.75. The maximum Gasteiger partial charge on any atom is 0.120 e. The second-order valence-electron chi connectivity index (χ2n) is 8.12. The summed E-state index contributed by atoms with van der Waals surface area (Å²) >= 11 is 0. The third-order valence-electron chi connectivity index (χ3n) is 5.55. The molecule has 0 spiro atoms. The van der Waals surface area contributed by atoms with Crippen LogP contribution in [0, 0.1) is 0 Å². The van der Waals surface area contributed by atoms with Crippen molar-refractivity contribution < 1.29 is 18.9 Å². The first-order chi connectivity index (χ1) is 15.8. The predicted octanol–water partition coefficient (Wildman–Crippen LogP) is 5.96. The summed E-state index contributed by atoms with van der Waals surface area (Å²) in [5.74, 6) is 1.71. The van der Waals surface area contributed by atoms with Crippen molar-refractivity contribution >= 4 is 32.9 Å². The molecular weight excluding hydrogens is 404 g/mol. The number of epoxide rings is 2. The fourth-order valence-corrected chi connectivity index (χ4v) is 3.55. The molecule has 2 aliphatic rings. The highest BCUT2D eigenvalue weighted by molar-refractivity contribution is 5.87. The van der Waals surface area contributed by atoms with E-state index in [0.717, 1.165) is 57.6 Å². The molecular formula is C26H22N2O4. The maximum absolute atomic E-state index is 5.76. The van der Waals surface area contributed by atoms with Crippen molar-refractivity contribution in [3.8, 4) is 11.5 Å². The second kappa shape index (κ2) is 8.22. The van der Waals surface area contributed by atoms with Crippen molar-refractivity contribution in [3.63, 3.8) is 0 Å². The van der Waals surface area contributed by atoms with Crippen LogP contribution in [0.3, 0.4) is 0 Å². The van der Waals surface area contributed by atoms with Gasteiger partial charge >= 0.3 is 0 Å². The summed E-state index contributed by atoms with van der Waals surface area (Å²) in [6, 6.07) is 24.2. The standard InChI is InChI=1S/C26H22N2O4/c1-5-21(9-17-3-7-23(11-19(1)17)29-13-25-15-31-25)27-28-22-6-2-20-12-24(8-4-18(20)10-22)30-14-26-16-32-26/h1-12,25-26H,13-16H2. The first-order valence-corrected chi connectivity index (χ1v) is 10.8. The van der Waals surface area contributed by atoms with Gasteiger partial charge in [0.25, 0.3) is 0 Å². The van der Waals surface area contributed by atoms with E-state index < -0.39 is 0 Å². The van der Waals surface area contributed by atoms with E-state index in [-0.39, 0.29) is 12.2 Å². The van der Waals surface area contributed by atoms with Gasteiger partial charge in [0.05, 0.1) is 24.6 Å². The van der Waals surface area contributed by atoms with Gasteiger partial charge in [-0.3, -0.25) is 0 Å². The minimum absolute atomic E-state index is 0.251. The molecule has 0 amide bonds. The van der Waals surface area contributed by atoms with Gasteiger partial charge < -0.3 is 18.9 Å². The summed E-state index contributed by atoms with van der Waals surface area (Å²) in [4.78, 5) is 0. The summed E-state index contributed by atoms with van der Waals surface area (Å²) in [5.41, 5.74) is 1.62. The van der Waals surface area contributed by atoms with Gasteiger partial charge in [-0.15, -0.1) is 0 Å². The number of fused-ring (bicyclic) bond motifs is 2. The van der Waals surface area contributed by atoms with Gasteiger partial charge in [0.1, 0.15) is 36.9 Å². The second-order valence-corrected chi connectivity index (χ2v) is 8.12. The molecule has 0 aliphatic carbocycles. The first kappa shape index (κ1) is 19.2. The Labute approximate surface area is 185 Å². The van der Waals surface area contributed by atoms with E-state index in [0.29, 0.717) is 13.2 Å². The smallest absolute Gasteiger partial charge is 0.120 e. The van der Waals surface area contributed by atoms with Crippen LogP contribution in [0.5, 0.6) is 11.5 Å². The van der Waals surface area contributed by atoms with Crippen LogP contribution < -0.4 is 9.47 Å². The third kappa shape index (κ3) is 4.56. The number of rotatable bonds is 8. The first-order valence-electron chi connectivity index (χ1n) is 10.8. The highest BCUT2D eigenvalue weighted by Crippen LogP contribution is 2.29. The SMILES string of the molecule is c1cc2cc(OCC3CO3)ccc2cc1N=Nc1ccc2cc(OCC3CO3)ccc2c1. The molecule has 2 unspecified atom stereocenters. The van der Waals surface area contributed by atoms with Crippen LogP contribution in [-0.4, -0.2) is 38.6 Å². The van der Waals surface area contributed by atoms with Crippen molar-refractivity contribution in [2.75, 3.05) is 26.4 Å². The quantitative estimate of drug-likeness (QED) is 0.257. The highest BCUT2D eigenvalue weighted by Gasteiger charge is 2.23. The molecule has 2 aliphatic heterocycles. The Balaban J connectivity index is 1.16. The van der Waals surface area contributed by atoms with Crippen LogP contribution >= 0.6 is 0 Å². The monoisotopic (exact) mass is 426 g/mol. The third-order valence-corrected chi connectivity index (χ3v) is 5.55. The number of hydrogen-bond acceptors (Lipinski definition) is 6. The Bertz CT molecular complexity index is 1210. The number of nitrogens with zero attached hydrogens (tertiary/aromatic N) is 2. The molecule has 0 N–H and O–H groups in total. The van der Waals surface area contributed by atoms with Crippen LogP contribution in [-0.2, 0) is 9.47 Å². The van der Waals surface area contributed by atoms with Crippen molar-refractivity contribution in [1.29, 1.82) is 0 Å². The summed E-state index contributed by atoms with van der Waals surface area (Å²) in [6.45, 7) is 2.80. The Morgan fingerprint density at radius 2 is 1.00 bits per heavy atom. The molecule has 6 heteroatoms. The highest BCUT2D eigenvalue weighted by atomic mass is 16.6. The lowest BCUT2D eigenvalue weighted by Crippen LogP contribution is -2.03. The molecule has 0 saturated carbocycles. The van der Waals surface area contributed by atoms with Crippen molar-refractivity contribution in [2.45, 2.75) is 12.2 Å². The predicted molar refractivity (Wildman–Crippen MR) is 123 cm³/mol. The molecule has 4 aromatic rings. The lowest BCUT2D eigenvalue weighted by Gasteiger charge is -2.06. The molecule has 2 atom stereocenters. The van der Waals surface area contributed by atoms with E-state index in [1.54, 1.807) is 0 Å². The Hall–Kier alpha value is -3.48. The minimum Gasteiger partial charge on any atom is -0.491 e. The molecule has 0 bridgehead atoms. The van der Waals surface area contributed by atoms with Crippen molar-refractivity contribution in [2.24, 2.45) is 10.2 Å².